The maximum absolute atomic E-state index is 13.2. The summed E-state index contributed by atoms with van der Waals surface area (Å²) in [5.41, 5.74) is 2.96. The largest absolute Gasteiger partial charge is 0.497 e. The van der Waals surface area contributed by atoms with Gasteiger partial charge < -0.3 is 14.5 Å². The maximum Gasteiger partial charge on any atom is 0.232 e. The highest BCUT2D eigenvalue weighted by molar-refractivity contribution is 6.05. The Labute approximate surface area is 153 Å². The second kappa shape index (κ2) is 6.48. The molecule has 5 heteroatoms. The number of anilines is 2. The Balaban J connectivity index is 1.56. The quantitative estimate of drug-likeness (QED) is 0.855. The lowest BCUT2D eigenvalue weighted by Crippen LogP contribution is -2.41. The highest BCUT2D eigenvalue weighted by Gasteiger charge is 2.41. The number of benzene rings is 2. The second-order valence-corrected chi connectivity index (χ2v) is 7.00. The molecule has 0 N–H and O–H groups in total. The Bertz CT molecular complexity index is 864. The Kier molecular flexibility index (Phi) is 4.15. The average Bonchev–Trinajstić information content (AvgIpc) is 3.20. The van der Waals surface area contributed by atoms with Crippen LogP contribution in [-0.4, -0.2) is 31.5 Å². The van der Waals surface area contributed by atoms with Gasteiger partial charge in [0.2, 0.25) is 11.8 Å². The number of carbonyl (C=O) groups is 2. The van der Waals surface area contributed by atoms with E-state index in [-0.39, 0.29) is 30.2 Å². The fourth-order valence-corrected chi connectivity index (χ4v) is 4.00. The third kappa shape index (κ3) is 2.73. The fraction of sp³-hybridized carbons (Fsp3) is 0.333. The third-order valence-corrected chi connectivity index (χ3v) is 5.28. The lowest BCUT2D eigenvalue weighted by atomic mass is 10.1. The van der Waals surface area contributed by atoms with E-state index in [2.05, 4.69) is 13.0 Å². The third-order valence-electron chi connectivity index (χ3n) is 5.28. The van der Waals surface area contributed by atoms with E-state index in [1.165, 1.54) is 5.56 Å². The summed E-state index contributed by atoms with van der Waals surface area (Å²) in [5, 5.41) is 0. The molecule has 2 aliphatic rings. The van der Waals surface area contributed by atoms with Crippen LogP contribution in [0.3, 0.4) is 0 Å². The summed E-state index contributed by atoms with van der Waals surface area (Å²) in [6.07, 6.45) is 1.11. The van der Waals surface area contributed by atoms with Crippen LogP contribution in [0.15, 0.2) is 48.5 Å². The van der Waals surface area contributed by atoms with Crippen LogP contribution < -0.4 is 14.5 Å². The summed E-state index contributed by atoms with van der Waals surface area (Å²) in [7, 11) is 1.60. The minimum absolute atomic E-state index is 0.0169. The number of amides is 2. The molecule has 2 aromatic rings. The van der Waals surface area contributed by atoms with Crippen molar-refractivity contribution in [2.45, 2.75) is 25.8 Å². The van der Waals surface area contributed by atoms with Crippen LogP contribution in [0.25, 0.3) is 0 Å². The first-order chi connectivity index (χ1) is 12.6. The summed E-state index contributed by atoms with van der Waals surface area (Å²) >= 11 is 0. The predicted octanol–water partition coefficient (Wildman–Crippen LogP) is 3.03. The van der Waals surface area contributed by atoms with E-state index in [9.17, 15) is 9.59 Å². The molecule has 0 unspecified atom stereocenters. The van der Waals surface area contributed by atoms with Crippen LogP contribution >= 0.6 is 0 Å². The van der Waals surface area contributed by atoms with Gasteiger partial charge in [0, 0.05) is 36.4 Å². The molecule has 5 nitrogen and oxygen atoms in total. The van der Waals surface area contributed by atoms with E-state index in [1.807, 2.05) is 47.4 Å². The van der Waals surface area contributed by atoms with E-state index < -0.39 is 0 Å². The summed E-state index contributed by atoms with van der Waals surface area (Å²) < 4.78 is 5.25. The van der Waals surface area contributed by atoms with Crippen molar-refractivity contribution in [3.8, 4) is 5.75 Å². The molecule has 2 amide bonds. The van der Waals surface area contributed by atoms with E-state index in [1.54, 1.807) is 12.0 Å². The zero-order chi connectivity index (χ0) is 18.3. The van der Waals surface area contributed by atoms with Gasteiger partial charge in [0.1, 0.15) is 5.75 Å². The van der Waals surface area contributed by atoms with Crippen molar-refractivity contribution >= 4 is 23.2 Å². The summed E-state index contributed by atoms with van der Waals surface area (Å²) in [4.78, 5) is 29.3. The van der Waals surface area contributed by atoms with Crippen molar-refractivity contribution in [2.75, 3.05) is 23.5 Å². The fourth-order valence-electron chi connectivity index (χ4n) is 4.00. The van der Waals surface area contributed by atoms with Crippen LogP contribution in [0.5, 0.6) is 5.75 Å². The summed E-state index contributed by atoms with van der Waals surface area (Å²) in [6, 6.07) is 15.6. The lowest BCUT2D eigenvalue weighted by molar-refractivity contribution is -0.124. The molecule has 0 saturated carbocycles. The number of fused-ring (bicyclic) bond motifs is 1. The van der Waals surface area contributed by atoms with Crippen LogP contribution in [-0.2, 0) is 16.0 Å². The molecule has 0 spiro atoms. The van der Waals surface area contributed by atoms with Crippen LogP contribution in [0.1, 0.15) is 18.9 Å². The normalized spacial score (nSPS) is 21.8. The summed E-state index contributed by atoms with van der Waals surface area (Å²) in [6.45, 7) is 2.48. The Morgan fingerprint density at radius 3 is 2.73 bits per heavy atom. The molecule has 134 valence electrons. The van der Waals surface area contributed by atoms with Gasteiger partial charge in [-0.05, 0) is 37.1 Å². The van der Waals surface area contributed by atoms with Crippen molar-refractivity contribution in [1.82, 2.24) is 0 Å². The minimum atomic E-state index is -0.317. The van der Waals surface area contributed by atoms with Gasteiger partial charge in [-0.15, -0.1) is 0 Å². The van der Waals surface area contributed by atoms with Crippen LogP contribution in [0.2, 0.25) is 0 Å². The number of hydrogen-bond donors (Lipinski definition) is 0. The van der Waals surface area contributed by atoms with Gasteiger partial charge in [0.05, 0.1) is 13.0 Å². The van der Waals surface area contributed by atoms with Gasteiger partial charge in [-0.2, -0.15) is 0 Å². The van der Waals surface area contributed by atoms with Gasteiger partial charge in [0.15, 0.2) is 0 Å². The van der Waals surface area contributed by atoms with Crippen molar-refractivity contribution < 1.29 is 14.3 Å². The number of methoxy groups -OCH3 is 1. The van der Waals surface area contributed by atoms with Gasteiger partial charge >= 0.3 is 0 Å². The molecule has 2 atom stereocenters. The molecular formula is C21H22N2O3. The highest BCUT2D eigenvalue weighted by atomic mass is 16.5. The molecule has 26 heavy (non-hydrogen) atoms. The second-order valence-electron chi connectivity index (χ2n) is 7.00. The molecular weight excluding hydrogens is 328 g/mol. The zero-order valence-corrected chi connectivity index (χ0v) is 15.0. The highest BCUT2D eigenvalue weighted by Crippen LogP contribution is 2.35. The smallest absolute Gasteiger partial charge is 0.232 e. The van der Waals surface area contributed by atoms with E-state index in [4.69, 9.17) is 4.74 Å². The Morgan fingerprint density at radius 2 is 1.92 bits per heavy atom. The first-order valence-corrected chi connectivity index (χ1v) is 8.94. The van der Waals surface area contributed by atoms with Crippen molar-refractivity contribution in [2.24, 2.45) is 5.92 Å². The topological polar surface area (TPSA) is 49.9 Å². The van der Waals surface area contributed by atoms with E-state index >= 15 is 0 Å². The molecule has 0 aliphatic carbocycles. The van der Waals surface area contributed by atoms with Crippen molar-refractivity contribution in [3.05, 3.63) is 54.1 Å². The number of nitrogens with zero attached hydrogens (tertiary/aromatic N) is 2. The Hall–Kier alpha value is -2.82. The molecule has 0 bridgehead atoms. The molecule has 4 rings (SSSR count). The maximum atomic E-state index is 13.2. The molecule has 2 heterocycles. The average molecular weight is 350 g/mol. The van der Waals surface area contributed by atoms with Gasteiger partial charge in [-0.25, -0.2) is 0 Å². The lowest BCUT2D eigenvalue weighted by Gasteiger charge is -2.26. The van der Waals surface area contributed by atoms with Crippen molar-refractivity contribution in [1.29, 1.82) is 0 Å². The Morgan fingerprint density at radius 1 is 1.12 bits per heavy atom. The number of ether oxygens (including phenoxy) is 1. The molecule has 2 aromatic carbocycles. The molecule has 1 fully saturated rings. The molecule has 0 radical (unpaired) electrons. The van der Waals surface area contributed by atoms with Crippen molar-refractivity contribution in [3.63, 3.8) is 0 Å². The number of carbonyl (C=O) groups excluding carboxylic acids is 2. The van der Waals surface area contributed by atoms with Gasteiger partial charge in [-0.3, -0.25) is 9.59 Å². The molecule has 0 aromatic heterocycles. The summed E-state index contributed by atoms with van der Waals surface area (Å²) in [5.74, 6) is 0.410. The van der Waals surface area contributed by atoms with E-state index in [0.29, 0.717) is 12.3 Å². The SMILES string of the molecule is COc1cccc(N2C[C@@H](C(=O)N3c4ccccc4C[C@H]3C)CC2=O)c1. The molecule has 2 aliphatic heterocycles. The zero-order valence-electron chi connectivity index (χ0n) is 15.0. The number of para-hydroxylation sites is 1. The van der Waals surface area contributed by atoms with E-state index in [0.717, 1.165) is 17.8 Å². The monoisotopic (exact) mass is 350 g/mol. The standard InChI is InChI=1S/C21H22N2O3/c1-14-10-15-6-3-4-9-19(15)23(14)21(25)16-11-20(24)22(13-16)17-7-5-8-18(12-17)26-2/h3-9,12,14,16H,10-11,13H2,1-2H3/t14-,16+/m1/s1. The van der Waals surface area contributed by atoms with Gasteiger partial charge in [-0.1, -0.05) is 24.3 Å². The van der Waals surface area contributed by atoms with Gasteiger partial charge in [0.25, 0.3) is 0 Å². The molecule has 1 saturated heterocycles. The number of rotatable bonds is 3. The van der Waals surface area contributed by atoms with Crippen LogP contribution in [0.4, 0.5) is 11.4 Å². The predicted molar refractivity (Wildman–Crippen MR) is 101 cm³/mol. The first-order valence-electron chi connectivity index (χ1n) is 8.94. The number of hydrogen-bond acceptors (Lipinski definition) is 3. The van der Waals surface area contributed by atoms with Crippen LogP contribution in [0, 0.1) is 5.92 Å². The first kappa shape index (κ1) is 16.6. The minimum Gasteiger partial charge on any atom is -0.497 e.